The van der Waals surface area contributed by atoms with E-state index in [1.54, 1.807) is 0 Å². The third-order valence-corrected chi connectivity index (χ3v) is 4.71. The van der Waals surface area contributed by atoms with Gasteiger partial charge >= 0.3 is 0 Å². The monoisotopic (exact) mass is 284 g/mol. The van der Waals surface area contributed by atoms with Gasteiger partial charge in [0.1, 0.15) is 0 Å². The fraction of sp³-hybridized carbons (Fsp3) is 1.00. The van der Waals surface area contributed by atoms with Crippen LogP contribution in [0.15, 0.2) is 0 Å². The van der Waals surface area contributed by atoms with Gasteiger partial charge in [0.05, 0.1) is 5.75 Å². The Morgan fingerprint density at radius 2 is 1.88 bits per heavy atom. The summed E-state index contributed by atoms with van der Waals surface area (Å²) in [6, 6.07) is 0. The van der Waals surface area contributed by atoms with Crippen LogP contribution < -0.4 is 10.0 Å². The van der Waals surface area contributed by atoms with Crippen molar-refractivity contribution in [1.29, 1.82) is 0 Å². The summed E-state index contributed by atoms with van der Waals surface area (Å²) in [5, 5.41) is 3.29. The quantitative estimate of drug-likeness (QED) is 0.777. The molecule has 0 aromatic carbocycles. The molecule has 0 spiro atoms. The van der Waals surface area contributed by atoms with Crippen LogP contribution in [0.4, 0.5) is 0 Å². The first-order valence-electron chi connectivity index (χ1n) is 6.15. The molecular weight excluding hydrogens is 260 g/mol. The third kappa shape index (κ3) is 6.60. The standard InChI is InChI=1S/C11H24N2O2S.ClH/c1-3-4-9-16(14,15)13-10-11(2)5-7-12-8-6-11;/h12-13H,3-10H2,1-2H3;1H. The Morgan fingerprint density at radius 1 is 1.29 bits per heavy atom. The average molecular weight is 285 g/mol. The Balaban J connectivity index is 0.00000256. The summed E-state index contributed by atoms with van der Waals surface area (Å²) in [7, 11) is -3.05. The number of rotatable bonds is 6. The summed E-state index contributed by atoms with van der Waals surface area (Å²) in [6.45, 7) is 6.74. The van der Waals surface area contributed by atoms with Crippen molar-refractivity contribution in [3.63, 3.8) is 0 Å². The van der Waals surface area contributed by atoms with E-state index in [0.29, 0.717) is 6.54 Å². The highest BCUT2D eigenvalue weighted by molar-refractivity contribution is 7.89. The number of nitrogens with one attached hydrogen (secondary N) is 2. The Morgan fingerprint density at radius 3 is 2.41 bits per heavy atom. The van der Waals surface area contributed by atoms with Crippen LogP contribution >= 0.6 is 12.4 Å². The molecule has 1 heterocycles. The minimum atomic E-state index is -3.05. The van der Waals surface area contributed by atoms with E-state index in [1.807, 2.05) is 6.92 Å². The van der Waals surface area contributed by atoms with Gasteiger partial charge in [-0.2, -0.15) is 0 Å². The van der Waals surface area contributed by atoms with Gasteiger partial charge in [0.15, 0.2) is 0 Å². The van der Waals surface area contributed by atoms with Crippen molar-refractivity contribution in [3.05, 3.63) is 0 Å². The number of hydrogen-bond acceptors (Lipinski definition) is 3. The first-order chi connectivity index (χ1) is 7.47. The Kier molecular flexibility index (Phi) is 7.63. The maximum Gasteiger partial charge on any atom is 0.211 e. The Labute approximate surface area is 111 Å². The number of piperidine rings is 1. The minimum absolute atomic E-state index is 0. The van der Waals surface area contributed by atoms with Gasteiger partial charge in [-0.25, -0.2) is 13.1 Å². The van der Waals surface area contributed by atoms with Gasteiger partial charge in [0, 0.05) is 6.54 Å². The van der Waals surface area contributed by atoms with Crippen LogP contribution in [0.2, 0.25) is 0 Å². The SMILES string of the molecule is CCCCS(=O)(=O)NCC1(C)CCNCC1.Cl. The van der Waals surface area contributed by atoms with E-state index in [9.17, 15) is 8.42 Å². The molecule has 0 radical (unpaired) electrons. The van der Waals surface area contributed by atoms with Crippen molar-refractivity contribution in [3.8, 4) is 0 Å². The molecule has 0 amide bonds. The molecule has 0 bridgehead atoms. The fourth-order valence-electron chi connectivity index (χ4n) is 1.90. The summed E-state index contributed by atoms with van der Waals surface area (Å²) in [5.41, 5.74) is 0.129. The summed E-state index contributed by atoms with van der Waals surface area (Å²) in [6.07, 6.45) is 3.75. The first-order valence-corrected chi connectivity index (χ1v) is 7.81. The normalized spacial score (nSPS) is 19.6. The summed E-state index contributed by atoms with van der Waals surface area (Å²) < 4.78 is 26.0. The van der Waals surface area contributed by atoms with E-state index >= 15 is 0 Å². The van der Waals surface area contributed by atoms with E-state index in [2.05, 4.69) is 17.0 Å². The zero-order chi connectivity index (χ0) is 12.1. The lowest BCUT2D eigenvalue weighted by atomic mass is 9.81. The van der Waals surface area contributed by atoms with Gasteiger partial charge in [0.25, 0.3) is 0 Å². The van der Waals surface area contributed by atoms with Gasteiger partial charge in [-0.05, 0) is 37.8 Å². The molecule has 0 unspecified atom stereocenters. The Hall–Kier alpha value is 0.160. The predicted octanol–water partition coefficient (Wildman–Crippen LogP) is 1.52. The van der Waals surface area contributed by atoms with Crippen LogP contribution in [-0.2, 0) is 10.0 Å². The van der Waals surface area contributed by atoms with Gasteiger partial charge in [0.2, 0.25) is 10.0 Å². The lowest BCUT2D eigenvalue weighted by Gasteiger charge is -2.34. The first kappa shape index (κ1) is 17.2. The zero-order valence-corrected chi connectivity index (χ0v) is 12.4. The molecule has 1 rings (SSSR count). The second-order valence-electron chi connectivity index (χ2n) is 5.05. The van der Waals surface area contributed by atoms with Gasteiger partial charge in [-0.15, -0.1) is 12.4 Å². The lowest BCUT2D eigenvalue weighted by Crippen LogP contribution is -2.43. The van der Waals surface area contributed by atoms with E-state index in [1.165, 1.54) is 0 Å². The van der Waals surface area contributed by atoms with Crippen LogP contribution in [0, 0.1) is 5.41 Å². The van der Waals surface area contributed by atoms with E-state index < -0.39 is 10.0 Å². The van der Waals surface area contributed by atoms with Gasteiger partial charge in [-0.3, -0.25) is 0 Å². The molecule has 17 heavy (non-hydrogen) atoms. The molecule has 2 N–H and O–H groups in total. The molecule has 1 fully saturated rings. The maximum atomic E-state index is 11.6. The largest absolute Gasteiger partial charge is 0.317 e. The van der Waals surface area contributed by atoms with Crippen molar-refractivity contribution >= 4 is 22.4 Å². The number of halogens is 1. The minimum Gasteiger partial charge on any atom is -0.317 e. The average Bonchev–Trinajstić information content (AvgIpc) is 2.25. The number of sulfonamides is 1. The van der Waals surface area contributed by atoms with Crippen molar-refractivity contribution in [2.45, 2.75) is 39.5 Å². The van der Waals surface area contributed by atoms with E-state index in [0.717, 1.165) is 38.8 Å². The second kappa shape index (κ2) is 7.56. The van der Waals surface area contributed by atoms with Gasteiger partial charge < -0.3 is 5.32 Å². The molecule has 0 saturated carbocycles. The van der Waals surface area contributed by atoms with E-state index in [4.69, 9.17) is 0 Å². The molecule has 0 aliphatic carbocycles. The van der Waals surface area contributed by atoms with Gasteiger partial charge in [-0.1, -0.05) is 20.3 Å². The zero-order valence-electron chi connectivity index (χ0n) is 10.8. The summed E-state index contributed by atoms with van der Waals surface area (Å²) in [5.74, 6) is 0.262. The van der Waals surface area contributed by atoms with Crippen molar-refractivity contribution in [1.82, 2.24) is 10.0 Å². The van der Waals surface area contributed by atoms with Crippen LogP contribution in [0.25, 0.3) is 0 Å². The van der Waals surface area contributed by atoms with Crippen LogP contribution in [0.3, 0.4) is 0 Å². The smallest absolute Gasteiger partial charge is 0.211 e. The highest BCUT2D eigenvalue weighted by Gasteiger charge is 2.27. The molecule has 1 aliphatic rings. The lowest BCUT2D eigenvalue weighted by molar-refractivity contribution is 0.232. The van der Waals surface area contributed by atoms with Crippen LogP contribution in [-0.4, -0.2) is 33.8 Å². The number of hydrogen-bond donors (Lipinski definition) is 2. The van der Waals surface area contributed by atoms with Crippen molar-refractivity contribution in [2.24, 2.45) is 5.41 Å². The molecule has 0 aromatic rings. The van der Waals surface area contributed by atoms with E-state index in [-0.39, 0.29) is 23.6 Å². The summed E-state index contributed by atoms with van der Waals surface area (Å²) >= 11 is 0. The molecule has 104 valence electrons. The molecule has 0 atom stereocenters. The van der Waals surface area contributed by atoms with Crippen molar-refractivity contribution in [2.75, 3.05) is 25.4 Å². The summed E-state index contributed by atoms with van der Waals surface area (Å²) in [4.78, 5) is 0. The molecule has 1 aliphatic heterocycles. The second-order valence-corrected chi connectivity index (χ2v) is 6.98. The number of unbranched alkanes of at least 4 members (excludes halogenated alkanes) is 1. The molecular formula is C11H25ClN2O2S. The Bertz CT molecular complexity index is 301. The van der Waals surface area contributed by atoms with Crippen LogP contribution in [0.5, 0.6) is 0 Å². The molecule has 6 heteroatoms. The third-order valence-electron chi connectivity index (χ3n) is 3.30. The molecule has 0 aromatic heterocycles. The van der Waals surface area contributed by atoms with Crippen molar-refractivity contribution < 1.29 is 8.42 Å². The molecule has 4 nitrogen and oxygen atoms in total. The fourth-order valence-corrected chi connectivity index (χ4v) is 3.28. The van der Waals surface area contributed by atoms with Crippen LogP contribution in [0.1, 0.15) is 39.5 Å². The predicted molar refractivity (Wildman–Crippen MR) is 74.2 cm³/mol. The highest BCUT2D eigenvalue weighted by atomic mass is 35.5. The topological polar surface area (TPSA) is 58.2 Å². The maximum absolute atomic E-state index is 11.6. The molecule has 1 saturated heterocycles. The highest BCUT2D eigenvalue weighted by Crippen LogP contribution is 2.26.